The number of nitrogens with zero attached hydrogens (tertiary/aromatic N) is 1. The molecule has 2 aliphatic rings. The van der Waals surface area contributed by atoms with E-state index in [1.807, 2.05) is 0 Å². The molecular weight excluding hydrogens is 260 g/mol. The summed E-state index contributed by atoms with van der Waals surface area (Å²) in [6.07, 6.45) is 2.46. The van der Waals surface area contributed by atoms with Gasteiger partial charge in [0, 0.05) is 24.8 Å². The molecule has 2 aliphatic heterocycles. The average molecular weight is 280 g/mol. The van der Waals surface area contributed by atoms with Crippen LogP contribution in [0.1, 0.15) is 24.4 Å². The van der Waals surface area contributed by atoms with Gasteiger partial charge in [-0.1, -0.05) is 12.1 Å². The van der Waals surface area contributed by atoms with Crippen molar-refractivity contribution in [3.63, 3.8) is 0 Å². The zero-order valence-electron chi connectivity index (χ0n) is 11.0. The predicted molar refractivity (Wildman–Crippen MR) is 77.3 cm³/mol. The molecule has 0 saturated carbocycles. The van der Waals surface area contributed by atoms with E-state index in [9.17, 15) is 8.42 Å². The van der Waals surface area contributed by atoms with Crippen LogP contribution in [0.5, 0.6) is 0 Å². The molecule has 5 heteroatoms. The zero-order chi connectivity index (χ0) is 13.3. The molecule has 19 heavy (non-hydrogen) atoms. The number of hydrogen-bond donors (Lipinski definition) is 1. The van der Waals surface area contributed by atoms with E-state index >= 15 is 0 Å². The Bertz CT molecular complexity index is 519. The number of benzene rings is 1. The second-order valence-corrected chi connectivity index (χ2v) is 7.68. The van der Waals surface area contributed by atoms with E-state index in [1.165, 1.54) is 18.4 Å². The van der Waals surface area contributed by atoms with Crippen LogP contribution in [0.2, 0.25) is 0 Å². The van der Waals surface area contributed by atoms with Crippen LogP contribution < -0.4 is 10.2 Å². The van der Waals surface area contributed by atoms with Gasteiger partial charge >= 0.3 is 0 Å². The Morgan fingerprint density at radius 1 is 1.11 bits per heavy atom. The molecule has 1 aromatic carbocycles. The van der Waals surface area contributed by atoms with E-state index in [2.05, 4.69) is 34.5 Å². The van der Waals surface area contributed by atoms with Crippen molar-refractivity contribution < 1.29 is 8.42 Å². The van der Waals surface area contributed by atoms with Gasteiger partial charge in [0.1, 0.15) is 0 Å². The standard InChI is InChI=1S/C14H20N2O2S/c17-19(18)10-8-16(9-11-19)13-5-3-12(4-6-13)14-2-1-7-15-14/h3-6,14-15H,1-2,7-11H2. The van der Waals surface area contributed by atoms with Crippen LogP contribution in [-0.4, -0.2) is 39.6 Å². The van der Waals surface area contributed by atoms with Gasteiger partial charge in [0.2, 0.25) is 0 Å². The molecule has 1 atom stereocenters. The topological polar surface area (TPSA) is 49.4 Å². The van der Waals surface area contributed by atoms with Crippen LogP contribution in [0.3, 0.4) is 0 Å². The lowest BCUT2D eigenvalue weighted by Crippen LogP contribution is -2.40. The van der Waals surface area contributed by atoms with Crippen LogP contribution in [0, 0.1) is 0 Å². The highest BCUT2D eigenvalue weighted by Crippen LogP contribution is 2.25. The first-order valence-corrected chi connectivity index (χ1v) is 8.75. The molecule has 3 rings (SSSR count). The molecule has 0 aliphatic carbocycles. The second kappa shape index (κ2) is 5.13. The third-order valence-electron chi connectivity index (χ3n) is 4.07. The van der Waals surface area contributed by atoms with Crippen LogP contribution in [0.25, 0.3) is 0 Å². The molecule has 2 saturated heterocycles. The van der Waals surface area contributed by atoms with Crippen LogP contribution in [-0.2, 0) is 9.84 Å². The van der Waals surface area contributed by atoms with Crippen LogP contribution in [0.15, 0.2) is 24.3 Å². The summed E-state index contributed by atoms with van der Waals surface area (Å²) in [4.78, 5) is 2.16. The van der Waals surface area contributed by atoms with Crippen molar-refractivity contribution >= 4 is 15.5 Å². The summed E-state index contributed by atoms with van der Waals surface area (Å²) in [6, 6.07) is 9.07. The van der Waals surface area contributed by atoms with Gasteiger partial charge in [0.05, 0.1) is 11.5 Å². The number of anilines is 1. The minimum absolute atomic E-state index is 0.277. The number of nitrogens with one attached hydrogen (secondary N) is 1. The lowest BCUT2D eigenvalue weighted by Gasteiger charge is -2.29. The summed E-state index contributed by atoms with van der Waals surface area (Å²) in [5, 5.41) is 3.49. The number of rotatable bonds is 2. The van der Waals surface area contributed by atoms with Crippen molar-refractivity contribution in [2.24, 2.45) is 0 Å². The first-order valence-electron chi connectivity index (χ1n) is 6.93. The third-order valence-corrected chi connectivity index (χ3v) is 5.67. The van der Waals surface area contributed by atoms with E-state index in [-0.39, 0.29) is 11.5 Å². The van der Waals surface area contributed by atoms with Gasteiger partial charge in [-0.3, -0.25) is 0 Å². The molecule has 0 bridgehead atoms. The average Bonchev–Trinajstić information content (AvgIpc) is 2.93. The zero-order valence-corrected chi connectivity index (χ0v) is 11.8. The summed E-state index contributed by atoms with van der Waals surface area (Å²) in [6.45, 7) is 2.34. The van der Waals surface area contributed by atoms with Gasteiger partial charge < -0.3 is 10.2 Å². The Labute approximate surface area is 114 Å². The quantitative estimate of drug-likeness (QED) is 0.888. The highest BCUT2D eigenvalue weighted by molar-refractivity contribution is 7.91. The SMILES string of the molecule is O=S1(=O)CCN(c2ccc(C3CCCN3)cc2)CC1. The highest BCUT2D eigenvalue weighted by Gasteiger charge is 2.22. The van der Waals surface area contributed by atoms with E-state index in [1.54, 1.807) is 0 Å². The van der Waals surface area contributed by atoms with E-state index in [0.717, 1.165) is 12.2 Å². The monoisotopic (exact) mass is 280 g/mol. The molecule has 1 aromatic rings. The van der Waals surface area contributed by atoms with Gasteiger partial charge in [-0.05, 0) is 37.1 Å². The molecule has 1 N–H and O–H groups in total. The molecule has 104 valence electrons. The van der Waals surface area contributed by atoms with Gasteiger partial charge in [-0.15, -0.1) is 0 Å². The number of sulfone groups is 1. The van der Waals surface area contributed by atoms with E-state index < -0.39 is 9.84 Å². The van der Waals surface area contributed by atoms with Crippen molar-refractivity contribution in [3.8, 4) is 0 Å². The molecule has 0 spiro atoms. The fourth-order valence-electron chi connectivity index (χ4n) is 2.86. The molecule has 0 radical (unpaired) electrons. The largest absolute Gasteiger partial charge is 0.369 e. The lowest BCUT2D eigenvalue weighted by molar-refractivity contribution is 0.587. The maximum absolute atomic E-state index is 11.4. The number of hydrogen-bond acceptors (Lipinski definition) is 4. The van der Waals surface area contributed by atoms with Crippen molar-refractivity contribution in [3.05, 3.63) is 29.8 Å². The highest BCUT2D eigenvalue weighted by atomic mass is 32.2. The predicted octanol–water partition coefficient (Wildman–Crippen LogP) is 1.35. The Hall–Kier alpha value is -1.07. The molecule has 1 unspecified atom stereocenters. The first kappa shape index (κ1) is 12.9. The summed E-state index contributed by atoms with van der Waals surface area (Å²) in [5.41, 5.74) is 2.47. The molecule has 2 fully saturated rings. The molecule has 2 heterocycles. The molecule has 0 amide bonds. The second-order valence-electron chi connectivity index (χ2n) is 5.38. The first-order chi connectivity index (χ1) is 9.14. The van der Waals surface area contributed by atoms with Gasteiger partial charge in [0.25, 0.3) is 0 Å². The van der Waals surface area contributed by atoms with Crippen LogP contribution in [0.4, 0.5) is 5.69 Å². The minimum Gasteiger partial charge on any atom is -0.369 e. The normalized spacial score (nSPS) is 26.5. The van der Waals surface area contributed by atoms with E-state index in [0.29, 0.717) is 19.1 Å². The maximum atomic E-state index is 11.4. The summed E-state index contributed by atoms with van der Waals surface area (Å²) in [5.74, 6) is 0.553. The fourth-order valence-corrected chi connectivity index (χ4v) is 4.06. The lowest BCUT2D eigenvalue weighted by atomic mass is 10.0. The summed E-state index contributed by atoms with van der Waals surface area (Å²) >= 11 is 0. The van der Waals surface area contributed by atoms with Crippen molar-refractivity contribution in [1.82, 2.24) is 5.32 Å². The molecule has 4 nitrogen and oxygen atoms in total. The third kappa shape index (κ3) is 2.92. The smallest absolute Gasteiger partial charge is 0.153 e. The minimum atomic E-state index is -2.80. The van der Waals surface area contributed by atoms with Gasteiger partial charge in [-0.2, -0.15) is 0 Å². The van der Waals surface area contributed by atoms with Gasteiger partial charge in [0.15, 0.2) is 9.84 Å². The molecule has 0 aromatic heterocycles. The molecular formula is C14H20N2O2S. The van der Waals surface area contributed by atoms with Crippen molar-refractivity contribution in [2.45, 2.75) is 18.9 Å². The maximum Gasteiger partial charge on any atom is 0.153 e. The van der Waals surface area contributed by atoms with Gasteiger partial charge in [-0.25, -0.2) is 8.42 Å². The summed E-state index contributed by atoms with van der Waals surface area (Å²) in [7, 11) is -2.80. The fraction of sp³-hybridized carbons (Fsp3) is 0.571. The Morgan fingerprint density at radius 3 is 2.37 bits per heavy atom. The van der Waals surface area contributed by atoms with Crippen LogP contribution >= 0.6 is 0 Å². The van der Waals surface area contributed by atoms with E-state index in [4.69, 9.17) is 0 Å². The summed E-state index contributed by atoms with van der Waals surface area (Å²) < 4.78 is 22.8. The van der Waals surface area contributed by atoms with Crippen molar-refractivity contribution in [2.75, 3.05) is 36.0 Å². The Balaban J connectivity index is 1.69. The Kier molecular flexibility index (Phi) is 3.50. The Morgan fingerprint density at radius 2 is 1.79 bits per heavy atom. The van der Waals surface area contributed by atoms with Crippen molar-refractivity contribution in [1.29, 1.82) is 0 Å².